The molecule has 0 radical (unpaired) electrons. The van der Waals surface area contributed by atoms with E-state index in [1.165, 1.54) is 103 Å². The van der Waals surface area contributed by atoms with Gasteiger partial charge in [0.05, 0.1) is 0 Å². The summed E-state index contributed by atoms with van der Waals surface area (Å²) in [4.78, 5) is 0. The average Bonchev–Trinajstić information content (AvgIpc) is 2.77. The van der Waals surface area contributed by atoms with E-state index in [9.17, 15) is 0 Å². The molecule has 0 heterocycles. The maximum Gasteiger partial charge on any atom is -0.0162 e. The second kappa shape index (κ2) is 12.0. The van der Waals surface area contributed by atoms with Gasteiger partial charge in [0.15, 0.2) is 0 Å². The van der Waals surface area contributed by atoms with Crippen molar-refractivity contribution in [3.63, 3.8) is 0 Å². The van der Waals surface area contributed by atoms with Crippen molar-refractivity contribution in [1.82, 2.24) is 0 Å². The van der Waals surface area contributed by atoms with Crippen LogP contribution in [-0.4, -0.2) is 0 Å². The van der Waals surface area contributed by atoms with E-state index in [4.69, 9.17) is 0 Å². The standard InChI is InChI=1S/C28H46/c1-3-5-6-7-8-9-10-24-13-17-26(18-14-24)28-21-19-27(20-22-28)25-15-11-23(4-2)12-16-25/h19-26H,3-18H2,1-2H3/t23-,24-,25-,26-. The van der Waals surface area contributed by atoms with Gasteiger partial charge in [0.2, 0.25) is 0 Å². The van der Waals surface area contributed by atoms with E-state index in [1.54, 1.807) is 11.1 Å². The van der Waals surface area contributed by atoms with Gasteiger partial charge in [0.1, 0.15) is 0 Å². The van der Waals surface area contributed by atoms with Crippen molar-refractivity contribution in [2.75, 3.05) is 0 Å². The van der Waals surface area contributed by atoms with Crippen molar-refractivity contribution in [2.24, 2.45) is 11.8 Å². The second-order valence-corrected chi connectivity index (χ2v) is 10.1. The Labute approximate surface area is 175 Å². The van der Waals surface area contributed by atoms with Crippen molar-refractivity contribution in [1.29, 1.82) is 0 Å². The van der Waals surface area contributed by atoms with Gasteiger partial charge < -0.3 is 0 Å². The van der Waals surface area contributed by atoms with E-state index >= 15 is 0 Å². The van der Waals surface area contributed by atoms with E-state index in [0.717, 1.165) is 23.7 Å². The summed E-state index contributed by atoms with van der Waals surface area (Å²) in [6.07, 6.45) is 23.1. The highest BCUT2D eigenvalue weighted by Crippen LogP contribution is 2.40. The fourth-order valence-electron chi connectivity index (χ4n) is 5.94. The Bertz CT molecular complexity index is 511. The Kier molecular flexibility index (Phi) is 9.42. The third-order valence-electron chi connectivity index (χ3n) is 8.12. The SMILES string of the molecule is CCCCCCCC[C@H]1CC[C@H](c2ccc([C@H]3CC[C@H](CC)CC3)cc2)CC1. The Morgan fingerprint density at radius 1 is 0.571 bits per heavy atom. The van der Waals surface area contributed by atoms with Crippen LogP contribution in [0.1, 0.15) is 140 Å². The minimum atomic E-state index is 0.838. The Balaban J connectivity index is 1.36. The zero-order valence-electron chi connectivity index (χ0n) is 18.9. The van der Waals surface area contributed by atoms with Crippen molar-refractivity contribution < 1.29 is 0 Å². The van der Waals surface area contributed by atoms with E-state index in [-0.39, 0.29) is 0 Å². The van der Waals surface area contributed by atoms with Crippen molar-refractivity contribution in [2.45, 2.75) is 128 Å². The van der Waals surface area contributed by atoms with Gasteiger partial charge >= 0.3 is 0 Å². The maximum atomic E-state index is 2.49. The summed E-state index contributed by atoms with van der Waals surface area (Å²) in [5, 5.41) is 0. The van der Waals surface area contributed by atoms with Gasteiger partial charge in [0, 0.05) is 0 Å². The zero-order chi connectivity index (χ0) is 19.6. The lowest BCUT2D eigenvalue weighted by Gasteiger charge is -2.30. The monoisotopic (exact) mass is 382 g/mol. The molecule has 2 fully saturated rings. The maximum absolute atomic E-state index is 2.49. The number of unbranched alkanes of at least 4 members (excludes halogenated alkanes) is 5. The summed E-state index contributed by atoms with van der Waals surface area (Å²) < 4.78 is 0. The quantitative estimate of drug-likeness (QED) is 0.353. The first-order valence-electron chi connectivity index (χ1n) is 12.9. The molecule has 3 rings (SSSR count). The summed E-state index contributed by atoms with van der Waals surface area (Å²) in [6, 6.07) is 9.93. The molecular formula is C28H46. The lowest BCUT2D eigenvalue weighted by molar-refractivity contribution is 0.301. The molecule has 0 amide bonds. The smallest absolute Gasteiger partial charge is 0.0162 e. The van der Waals surface area contributed by atoms with E-state index in [2.05, 4.69) is 38.1 Å². The van der Waals surface area contributed by atoms with Crippen LogP contribution in [-0.2, 0) is 0 Å². The van der Waals surface area contributed by atoms with Crippen LogP contribution in [0.15, 0.2) is 24.3 Å². The Morgan fingerprint density at radius 2 is 1.04 bits per heavy atom. The zero-order valence-corrected chi connectivity index (χ0v) is 18.9. The van der Waals surface area contributed by atoms with Crippen molar-refractivity contribution in [3.8, 4) is 0 Å². The molecule has 0 N–H and O–H groups in total. The van der Waals surface area contributed by atoms with Gasteiger partial charge in [-0.05, 0) is 86.2 Å². The molecule has 0 heteroatoms. The highest BCUT2D eigenvalue weighted by molar-refractivity contribution is 5.28. The van der Waals surface area contributed by atoms with Crippen LogP contribution in [0.3, 0.4) is 0 Å². The van der Waals surface area contributed by atoms with Gasteiger partial charge in [-0.15, -0.1) is 0 Å². The summed E-state index contributed by atoms with van der Waals surface area (Å²) in [5.74, 6) is 3.70. The van der Waals surface area contributed by atoms with Crippen molar-refractivity contribution >= 4 is 0 Å². The van der Waals surface area contributed by atoms with Gasteiger partial charge in [0.25, 0.3) is 0 Å². The summed E-state index contributed by atoms with van der Waals surface area (Å²) in [6.45, 7) is 4.67. The fourth-order valence-corrected chi connectivity index (χ4v) is 5.94. The number of hydrogen-bond donors (Lipinski definition) is 0. The molecule has 0 aromatic heterocycles. The molecule has 0 bridgehead atoms. The van der Waals surface area contributed by atoms with Crippen LogP contribution < -0.4 is 0 Å². The minimum absolute atomic E-state index is 0.838. The van der Waals surface area contributed by atoms with Gasteiger partial charge in [-0.25, -0.2) is 0 Å². The lowest BCUT2D eigenvalue weighted by atomic mass is 9.75. The first-order valence-corrected chi connectivity index (χ1v) is 12.9. The van der Waals surface area contributed by atoms with Crippen LogP contribution in [0, 0.1) is 11.8 Å². The van der Waals surface area contributed by atoms with Gasteiger partial charge in [-0.1, -0.05) is 89.5 Å². The predicted octanol–water partition coefficient (Wildman–Crippen LogP) is 9.39. The van der Waals surface area contributed by atoms with E-state index in [1.807, 2.05) is 0 Å². The summed E-state index contributed by atoms with van der Waals surface area (Å²) in [5.41, 5.74) is 3.25. The van der Waals surface area contributed by atoms with Gasteiger partial charge in [-0.3, -0.25) is 0 Å². The largest absolute Gasteiger partial charge is 0.0654 e. The molecule has 2 aliphatic carbocycles. The number of benzene rings is 1. The third kappa shape index (κ3) is 6.64. The highest BCUT2D eigenvalue weighted by atomic mass is 14.3. The fraction of sp³-hybridized carbons (Fsp3) is 0.786. The van der Waals surface area contributed by atoms with Crippen LogP contribution in [0.4, 0.5) is 0 Å². The van der Waals surface area contributed by atoms with Crippen LogP contribution in [0.25, 0.3) is 0 Å². The average molecular weight is 383 g/mol. The Morgan fingerprint density at radius 3 is 1.54 bits per heavy atom. The Hall–Kier alpha value is -0.780. The molecule has 1 aromatic carbocycles. The predicted molar refractivity (Wildman–Crippen MR) is 124 cm³/mol. The normalized spacial score (nSPS) is 28.4. The van der Waals surface area contributed by atoms with Crippen LogP contribution in [0.5, 0.6) is 0 Å². The van der Waals surface area contributed by atoms with Crippen molar-refractivity contribution in [3.05, 3.63) is 35.4 Å². The lowest BCUT2D eigenvalue weighted by Crippen LogP contribution is -2.14. The van der Waals surface area contributed by atoms with Crippen LogP contribution in [0.2, 0.25) is 0 Å². The molecule has 1 aromatic rings. The molecule has 2 aliphatic rings. The summed E-state index contributed by atoms with van der Waals surface area (Å²) >= 11 is 0. The molecule has 28 heavy (non-hydrogen) atoms. The second-order valence-electron chi connectivity index (χ2n) is 10.1. The number of hydrogen-bond acceptors (Lipinski definition) is 0. The molecule has 0 aliphatic heterocycles. The third-order valence-corrected chi connectivity index (χ3v) is 8.12. The number of rotatable bonds is 10. The molecule has 0 unspecified atom stereocenters. The van der Waals surface area contributed by atoms with Gasteiger partial charge in [-0.2, -0.15) is 0 Å². The molecular weight excluding hydrogens is 336 g/mol. The molecule has 0 spiro atoms. The van der Waals surface area contributed by atoms with E-state index < -0.39 is 0 Å². The van der Waals surface area contributed by atoms with E-state index in [0.29, 0.717) is 0 Å². The molecule has 2 saturated carbocycles. The molecule has 0 nitrogen and oxygen atoms in total. The highest BCUT2D eigenvalue weighted by Gasteiger charge is 2.24. The first kappa shape index (κ1) is 21.9. The molecule has 0 saturated heterocycles. The molecule has 158 valence electrons. The molecule has 0 atom stereocenters. The first-order chi connectivity index (χ1) is 13.8. The topological polar surface area (TPSA) is 0 Å². The van der Waals surface area contributed by atoms with Crippen LogP contribution >= 0.6 is 0 Å². The summed E-state index contributed by atoms with van der Waals surface area (Å²) in [7, 11) is 0. The minimum Gasteiger partial charge on any atom is -0.0654 e.